The van der Waals surface area contributed by atoms with E-state index in [0.717, 1.165) is 31.7 Å². The van der Waals surface area contributed by atoms with Crippen LogP contribution in [0.3, 0.4) is 0 Å². The molecule has 0 bridgehead atoms. The largest absolute Gasteiger partial charge is 0.355 e. The number of carbonyl (C=O) groups excluding carboxylic acids is 1. The van der Waals surface area contributed by atoms with Crippen LogP contribution in [-0.2, 0) is 11.3 Å². The zero-order valence-corrected chi connectivity index (χ0v) is 14.4. The molecule has 1 aliphatic heterocycles. The summed E-state index contributed by atoms with van der Waals surface area (Å²) in [6, 6.07) is 8.37. The molecule has 1 aliphatic rings. The van der Waals surface area contributed by atoms with Crippen LogP contribution in [-0.4, -0.2) is 40.9 Å². The molecule has 2 aromatic rings. The smallest absolute Gasteiger partial charge is 0.225 e. The molecule has 0 unspecified atom stereocenters. The van der Waals surface area contributed by atoms with Gasteiger partial charge in [0.15, 0.2) is 0 Å². The zero-order chi connectivity index (χ0) is 16.9. The number of aryl methyl sites for hydroxylation is 1. The first-order valence-electron chi connectivity index (χ1n) is 8.45. The highest BCUT2D eigenvalue weighted by atomic mass is 16.2. The maximum atomic E-state index is 12.7. The molecule has 0 saturated carbocycles. The minimum atomic E-state index is 0.105. The fraction of sp³-hybridized carbons (Fsp3) is 0.421. The Morgan fingerprint density at radius 2 is 1.92 bits per heavy atom. The fourth-order valence-corrected chi connectivity index (χ4v) is 3.17. The van der Waals surface area contributed by atoms with Gasteiger partial charge in [0.2, 0.25) is 5.91 Å². The highest BCUT2D eigenvalue weighted by molar-refractivity contribution is 5.79. The molecule has 0 spiro atoms. The number of hydrogen-bond donors (Lipinski definition) is 0. The van der Waals surface area contributed by atoms with Gasteiger partial charge >= 0.3 is 0 Å². The third-order valence-electron chi connectivity index (χ3n) is 4.63. The van der Waals surface area contributed by atoms with E-state index in [4.69, 9.17) is 0 Å². The second kappa shape index (κ2) is 7.43. The minimum Gasteiger partial charge on any atom is -0.355 e. The lowest BCUT2D eigenvalue weighted by Crippen LogP contribution is -2.41. The van der Waals surface area contributed by atoms with Crippen LogP contribution in [0.25, 0.3) is 0 Å². The van der Waals surface area contributed by atoms with E-state index in [0.29, 0.717) is 6.54 Å². The predicted molar refractivity (Wildman–Crippen MR) is 94.6 cm³/mol. The van der Waals surface area contributed by atoms with Gasteiger partial charge in [-0.25, -0.2) is 4.98 Å². The van der Waals surface area contributed by atoms with Gasteiger partial charge in [-0.1, -0.05) is 29.8 Å². The lowest BCUT2D eigenvalue weighted by molar-refractivity contribution is -0.135. The summed E-state index contributed by atoms with van der Waals surface area (Å²) in [5, 5.41) is 0. The zero-order valence-electron chi connectivity index (χ0n) is 14.4. The summed E-state index contributed by atoms with van der Waals surface area (Å²) in [6.45, 7) is 4.45. The van der Waals surface area contributed by atoms with Gasteiger partial charge in [0.05, 0.1) is 6.20 Å². The van der Waals surface area contributed by atoms with Crippen LogP contribution >= 0.6 is 0 Å². The number of aromatic nitrogens is 2. The van der Waals surface area contributed by atoms with Crippen LogP contribution in [0.1, 0.15) is 24.0 Å². The van der Waals surface area contributed by atoms with Crippen molar-refractivity contribution < 1.29 is 4.79 Å². The highest BCUT2D eigenvalue weighted by Crippen LogP contribution is 2.23. The van der Waals surface area contributed by atoms with E-state index in [1.165, 1.54) is 11.1 Å². The lowest BCUT2D eigenvalue weighted by Gasteiger charge is -2.33. The van der Waals surface area contributed by atoms with Crippen LogP contribution in [0, 0.1) is 12.8 Å². The molecule has 24 heavy (non-hydrogen) atoms. The Hall–Kier alpha value is -2.43. The fourth-order valence-electron chi connectivity index (χ4n) is 3.17. The van der Waals surface area contributed by atoms with Crippen LogP contribution in [0.15, 0.2) is 42.9 Å². The molecule has 0 radical (unpaired) electrons. The second-order valence-corrected chi connectivity index (χ2v) is 6.50. The maximum Gasteiger partial charge on any atom is 0.225 e. The van der Waals surface area contributed by atoms with E-state index in [-0.39, 0.29) is 11.8 Å². The minimum absolute atomic E-state index is 0.105. The summed E-state index contributed by atoms with van der Waals surface area (Å²) in [7, 11) is 1.90. The van der Waals surface area contributed by atoms with Gasteiger partial charge in [-0.3, -0.25) is 9.78 Å². The highest BCUT2D eigenvalue weighted by Gasteiger charge is 2.27. The normalized spacial score (nSPS) is 15.3. The van der Waals surface area contributed by atoms with Crippen molar-refractivity contribution in [1.29, 1.82) is 0 Å². The van der Waals surface area contributed by atoms with Crippen LogP contribution in [0.4, 0.5) is 5.82 Å². The Morgan fingerprint density at radius 1 is 1.21 bits per heavy atom. The predicted octanol–water partition coefficient (Wildman–Crippen LogP) is 2.66. The SMILES string of the molecule is Cc1ccc(CN(C)C(=O)C2CCN(c3cnccn3)CC2)cc1. The molecule has 0 N–H and O–H groups in total. The van der Waals surface area contributed by atoms with Crippen molar-refractivity contribution in [2.24, 2.45) is 5.92 Å². The number of piperidine rings is 1. The van der Waals surface area contributed by atoms with Crippen molar-refractivity contribution in [2.45, 2.75) is 26.3 Å². The number of nitrogens with zero attached hydrogens (tertiary/aromatic N) is 4. The molecule has 0 atom stereocenters. The van der Waals surface area contributed by atoms with Crippen molar-refractivity contribution in [3.8, 4) is 0 Å². The first-order chi connectivity index (χ1) is 11.6. The van der Waals surface area contributed by atoms with Gasteiger partial charge in [-0.2, -0.15) is 0 Å². The summed E-state index contributed by atoms with van der Waals surface area (Å²) < 4.78 is 0. The third kappa shape index (κ3) is 3.91. The van der Waals surface area contributed by atoms with Gasteiger partial charge in [0.1, 0.15) is 5.82 Å². The molecule has 1 aromatic heterocycles. The van der Waals surface area contributed by atoms with Gasteiger partial charge in [-0.15, -0.1) is 0 Å². The lowest BCUT2D eigenvalue weighted by atomic mass is 9.95. The molecule has 1 saturated heterocycles. The molecule has 1 amide bonds. The van der Waals surface area contributed by atoms with Gasteiger partial charge < -0.3 is 9.80 Å². The average Bonchev–Trinajstić information content (AvgIpc) is 2.64. The summed E-state index contributed by atoms with van der Waals surface area (Å²) in [4.78, 5) is 25.2. The number of hydrogen-bond acceptors (Lipinski definition) is 4. The van der Waals surface area contributed by atoms with E-state index < -0.39 is 0 Å². The maximum absolute atomic E-state index is 12.7. The Balaban J connectivity index is 1.53. The molecule has 5 nitrogen and oxygen atoms in total. The Kier molecular flexibility index (Phi) is 5.08. The van der Waals surface area contributed by atoms with Crippen molar-refractivity contribution in [1.82, 2.24) is 14.9 Å². The molecule has 2 heterocycles. The van der Waals surface area contributed by atoms with Gasteiger partial charge in [0, 0.05) is 45.0 Å². The molecular weight excluding hydrogens is 300 g/mol. The molecule has 3 rings (SSSR count). The molecule has 0 aliphatic carbocycles. The quantitative estimate of drug-likeness (QED) is 0.867. The first-order valence-corrected chi connectivity index (χ1v) is 8.45. The molecule has 1 aromatic carbocycles. The van der Waals surface area contributed by atoms with E-state index in [2.05, 4.69) is 46.1 Å². The summed E-state index contributed by atoms with van der Waals surface area (Å²) in [6.07, 6.45) is 6.91. The van der Waals surface area contributed by atoms with Crippen molar-refractivity contribution in [2.75, 3.05) is 25.0 Å². The number of carbonyl (C=O) groups is 1. The monoisotopic (exact) mass is 324 g/mol. The first kappa shape index (κ1) is 16.4. The van der Waals surface area contributed by atoms with Crippen LogP contribution < -0.4 is 4.90 Å². The van der Waals surface area contributed by atoms with Crippen LogP contribution in [0.2, 0.25) is 0 Å². The Morgan fingerprint density at radius 3 is 2.54 bits per heavy atom. The van der Waals surface area contributed by atoms with E-state index in [1.807, 2.05) is 11.9 Å². The summed E-state index contributed by atoms with van der Waals surface area (Å²) >= 11 is 0. The third-order valence-corrected chi connectivity index (χ3v) is 4.63. The van der Waals surface area contributed by atoms with Gasteiger partial charge in [0.25, 0.3) is 0 Å². The summed E-state index contributed by atoms with van der Waals surface area (Å²) in [5.41, 5.74) is 2.41. The molecule has 5 heteroatoms. The second-order valence-electron chi connectivity index (χ2n) is 6.50. The molecular formula is C19H24N4O. The van der Waals surface area contributed by atoms with Gasteiger partial charge in [-0.05, 0) is 25.3 Å². The average molecular weight is 324 g/mol. The molecule has 1 fully saturated rings. The van der Waals surface area contributed by atoms with Crippen molar-refractivity contribution in [3.63, 3.8) is 0 Å². The van der Waals surface area contributed by atoms with Crippen LogP contribution in [0.5, 0.6) is 0 Å². The van der Waals surface area contributed by atoms with Crippen molar-refractivity contribution in [3.05, 3.63) is 54.0 Å². The standard InChI is InChI=1S/C19H24N4O/c1-15-3-5-16(6-4-15)14-22(2)19(24)17-7-11-23(12-8-17)18-13-20-9-10-21-18/h3-6,9-10,13,17H,7-8,11-12,14H2,1-2H3. The number of amides is 1. The molecule has 126 valence electrons. The Bertz CT molecular complexity index is 664. The van der Waals surface area contributed by atoms with Crippen molar-refractivity contribution >= 4 is 11.7 Å². The van der Waals surface area contributed by atoms with E-state index in [1.54, 1.807) is 18.6 Å². The van der Waals surface area contributed by atoms with E-state index >= 15 is 0 Å². The summed E-state index contributed by atoms with van der Waals surface area (Å²) in [5.74, 6) is 1.25. The van der Waals surface area contributed by atoms with E-state index in [9.17, 15) is 4.79 Å². The Labute approximate surface area is 143 Å². The number of anilines is 1. The number of rotatable bonds is 4. The number of benzene rings is 1. The topological polar surface area (TPSA) is 49.3 Å².